The molecule has 7 heteroatoms. The van der Waals surface area contributed by atoms with Crippen molar-refractivity contribution in [2.75, 3.05) is 5.43 Å². The predicted molar refractivity (Wildman–Crippen MR) is 91.3 cm³/mol. The summed E-state index contributed by atoms with van der Waals surface area (Å²) in [5.41, 5.74) is 5.12. The van der Waals surface area contributed by atoms with Gasteiger partial charge in [-0.2, -0.15) is 0 Å². The molecular weight excluding hydrogens is 324 g/mol. The Morgan fingerprint density at radius 2 is 1.71 bits per heavy atom. The van der Waals surface area contributed by atoms with Crippen LogP contribution in [-0.4, -0.2) is 31.2 Å². The summed E-state index contributed by atoms with van der Waals surface area (Å²) in [7, 11) is 0. The molecule has 0 spiro atoms. The van der Waals surface area contributed by atoms with Gasteiger partial charge >= 0.3 is 5.97 Å². The van der Waals surface area contributed by atoms with Gasteiger partial charge in [0.2, 0.25) is 5.16 Å². The van der Waals surface area contributed by atoms with Crippen LogP contribution in [0.1, 0.15) is 11.6 Å². The number of rotatable bonds is 3. The zero-order chi connectivity index (χ0) is 16.5. The van der Waals surface area contributed by atoms with Gasteiger partial charge in [-0.3, -0.25) is 4.79 Å². The summed E-state index contributed by atoms with van der Waals surface area (Å²) in [5.74, 6) is -0.209. The van der Waals surface area contributed by atoms with Crippen molar-refractivity contribution in [1.29, 1.82) is 0 Å². The molecule has 0 amide bonds. The normalized spacial score (nSPS) is 19.3. The third kappa shape index (κ3) is 2.52. The van der Waals surface area contributed by atoms with E-state index in [4.69, 9.17) is 0 Å². The molecule has 120 valence electrons. The molecule has 0 aliphatic carbocycles. The van der Waals surface area contributed by atoms with Gasteiger partial charge in [-0.15, -0.1) is 10.2 Å². The summed E-state index contributed by atoms with van der Waals surface area (Å²) in [4.78, 5) is 11.7. The van der Waals surface area contributed by atoms with Crippen molar-refractivity contribution in [2.45, 2.75) is 16.4 Å². The minimum absolute atomic E-state index is 0.375. The first-order valence-electron chi connectivity index (χ1n) is 7.46. The maximum atomic E-state index is 11.7. The molecule has 2 N–H and O–H groups in total. The second-order valence-corrected chi connectivity index (χ2v) is 6.51. The maximum Gasteiger partial charge on any atom is 0.319 e. The Balaban J connectivity index is 1.78. The molecular formula is C17H14N4O2S. The van der Waals surface area contributed by atoms with E-state index < -0.39 is 11.2 Å². The summed E-state index contributed by atoms with van der Waals surface area (Å²) in [6, 6.07) is 18.9. The monoisotopic (exact) mass is 338 g/mol. The van der Waals surface area contributed by atoms with Crippen LogP contribution >= 0.6 is 11.8 Å². The van der Waals surface area contributed by atoms with Gasteiger partial charge in [-0.1, -0.05) is 72.4 Å². The number of carboxylic acids is 1. The van der Waals surface area contributed by atoms with Crippen LogP contribution in [0.3, 0.4) is 0 Å². The lowest BCUT2D eigenvalue weighted by Gasteiger charge is -2.31. The van der Waals surface area contributed by atoms with E-state index in [1.165, 1.54) is 11.8 Å². The fraction of sp³-hybridized carbons (Fsp3) is 0.118. The number of benzene rings is 2. The SMILES string of the molecule is O=C(O)C1Sc2nnc(-c3ccccc3)n2NC1c1ccccc1. The molecule has 0 saturated carbocycles. The van der Waals surface area contributed by atoms with Crippen molar-refractivity contribution in [2.24, 2.45) is 0 Å². The van der Waals surface area contributed by atoms with Crippen LogP contribution in [0.25, 0.3) is 11.4 Å². The van der Waals surface area contributed by atoms with E-state index >= 15 is 0 Å². The average Bonchev–Trinajstić information content (AvgIpc) is 3.05. The van der Waals surface area contributed by atoms with Crippen LogP contribution < -0.4 is 5.43 Å². The molecule has 2 unspecified atom stereocenters. The lowest BCUT2D eigenvalue weighted by molar-refractivity contribution is -0.136. The van der Waals surface area contributed by atoms with Crippen molar-refractivity contribution >= 4 is 17.7 Å². The second-order valence-electron chi connectivity index (χ2n) is 5.40. The lowest BCUT2D eigenvalue weighted by atomic mass is 10.0. The molecule has 0 fully saturated rings. The highest BCUT2D eigenvalue weighted by atomic mass is 32.2. The second kappa shape index (κ2) is 6.01. The number of aromatic nitrogens is 3. The van der Waals surface area contributed by atoms with Gasteiger partial charge in [-0.25, -0.2) is 4.68 Å². The maximum absolute atomic E-state index is 11.7. The Labute approximate surface area is 142 Å². The number of thioether (sulfide) groups is 1. The van der Waals surface area contributed by atoms with E-state index in [2.05, 4.69) is 15.6 Å². The highest BCUT2D eigenvalue weighted by Crippen LogP contribution is 2.38. The molecule has 1 aliphatic rings. The van der Waals surface area contributed by atoms with Gasteiger partial charge in [0.25, 0.3) is 0 Å². The third-order valence-electron chi connectivity index (χ3n) is 3.87. The molecule has 4 rings (SSSR count). The number of carboxylic acid groups (broad SMARTS) is 1. The largest absolute Gasteiger partial charge is 0.480 e. The highest BCUT2D eigenvalue weighted by Gasteiger charge is 2.37. The van der Waals surface area contributed by atoms with Gasteiger partial charge in [0.1, 0.15) is 5.25 Å². The summed E-state index contributed by atoms with van der Waals surface area (Å²) in [6.07, 6.45) is 0. The fourth-order valence-electron chi connectivity index (χ4n) is 2.73. The van der Waals surface area contributed by atoms with E-state index in [-0.39, 0.29) is 6.04 Å². The van der Waals surface area contributed by atoms with Gasteiger partial charge in [0.15, 0.2) is 5.82 Å². The first kappa shape index (κ1) is 14.8. The predicted octanol–water partition coefficient (Wildman–Crippen LogP) is 2.79. The molecule has 24 heavy (non-hydrogen) atoms. The van der Waals surface area contributed by atoms with Crippen LogP contribution in [0.15, 0.2) is 65.8 Å². The molecule has 0 radical (unpaired) electrons. The fourth-order valence-corrected chi connectivity index (χ4v) is 3.74. The molecule has 2 atom stereocenters. The standard InChI is InChI=1S/C17H14N4O2S/c22-16(23)14-13(11-7-3-1-4-8-11)20-21-15(18-19-17(21)24-14)12-9-5-2-6-10-12/h1-10,13-14,20H,(H,22,23). The quantitative estimate of drug-likeness (QED) is 0.764. The van der Waals surface area contributed by atoms with E-state index in [0.29, 0.717) is 11.0 Å². The lowest BCUT2D eigenvalue weighted by Crippen LogP contribution is -2.38. The molecule has 1 aliphatic heterocycles. The number of nitrogens with zero attached hydrogens (tertiary/aromatic N) is 3. The van der Waals surface area contributed by atoms with Gasteiger partial charge in [0.05, 0.1) is 6.04 Å². The Bertz CT molecular complexity index is 867. The van der Waals surface area contributed by atoms with E-state index in [1.54, 1.807) is 4.68 Å². The van der Waals surface area contributed by atoms with Crippen LogP contribution in [-0.2, 0) is 4.79 Å². The number of hydrogen-bond donors (Lipinski definition) is 2. The van der Waals surface area contributed by atoms with E-state index in [1.807, 2.05) is 60.7 Å². The van der Waals surface area contributed by atoms with Crippen molar-refractivity contribution in [1.82, 2.24) is 14.9 Å². The van der Waals surface area contributed by atoms with Gasteiger partial charge in [0, 0.05) is 5.56 Å². The van der Waals surface area contributed by atoms with Crippen molar-refractivity contribution < 1.29 is 9.90 Å². The Kier molecular flexibility index (Phi) is 3.70. The zero-order valence-electron chi connectivity index (χ0n) is 12.5. The first-order valence-corrected chi connectivity index (χ1v) is 8.34. The van der Waals surface area contributed by atoms with E-state index in [0.717, 1.165) is 11.1 Å². The van der Waals surface area contributed by atoms with Crippen molar-refractivity contribution in [3.63, 3.8) is 0 Å². The minimum Gasteiger partial charge on any atom is -0.480 e. The number of hydrogen-bond acceptors (Lipinski definition) is 5. The summed E-state index contributed by atoms with van der Waals surface area (Å²) in [6.45, 7) is 0. The molecule has 0 bridgehead atoms. The zero-order valence-corrected chi connectivity index (χ0v) is 13.4. The van der Waals surface area contributed by atoms with Crippen LogP contribution in [0.5, 0.6) is 0 Å². The number of carbonyl (C=O) groups is 1. The topological polar surface area (TPSA) is 80.0 Å². The number of fused-ring (bicyclic) bond motifs is 1. The molecule has 0 saturated heterocycles. The average molecular weight is 338 g/mol. The summed E-state index contributed by atoms with van der Waals surface area (Å²) in [5, 5.41) is 17.8. The van der Waals surface area contributed by atoms with Crippen molar-refractivity contribution in [3.05, 3.63) is 66.2 Å². The Morgan fingerprint density at radius 1 is 1.04 bits per heavy atom. The minimum atomic E-state index is -0.878. The van der Waals surface area contributed by atoms with E-state index in [9.17, 15) is 9.90 Å². The molecule has 2 aromatic carbocycles. The van der Waals surface area contributed by atoms with Gasteiger partial charge in [-0.05, 0) is 5.56 Å². The Hall–Kier alpha value is -2.80. The van der Waals surface area contributed by atoms with Gasteiger partial charge < -0.3 is 10.5 Å². The molecule has 6 nitrogen and oxygen atoms in total. The summed E-state index contributed by atoms with van der Waals surface area (Å²) < 4.78 is 1.77. The molecule has 2 heterocycles. The smallest absolute Gasteiger partial charge is 0.319 e. The van der Waals surface area contributed by atoms with Crippen molar-refractivity contribution in [3.8, 4) is 11.4 Å². The number of aliphatic carboxylic acids is 1. The summed E-state index contributed by atoms with van der Waals surface area (Å²) >= 11 is 1.21. The number of nitrogens with one attached hydrogen (secondary N) is 1. The Morgan fingerprint density at radius 3 is 2.38 bits per heavy atom. The third-order valence-corrected chi connectivity index (χ3v) is 5.07. The first-order chi connectivity index (χ1) is 11.7. The molecule has 3 aromatic rings. The van der Waals surface area contributed by atoms with Crippen LogP contribution in [0, 0.1) is 0 Å². The van der Waals surface area contributed by atoms with Crippen LogP contribution in [0.4, 0.5) is 0 Å². The molecule has 1 aromatic heterocycles. The van der Waals surface area contributed by atoms with Crippen LogP contribution in [0.2, 0.25) is 0 Å². The highest BCUT2D eigenvalue weighted by molar-refractivity contribution is 8.00.